The third-order valence-corrected chi connectivity index (χ3v) is 4.49. The lowest BCUT2D eigenvalue weighted by molar-refractivity contribution is -0.115. The normalized spacial score (nSPS) is 11.0. The molecule has 0 heterocycles. The van der Waals surface area contributed by atoms with Crippen LogP contribution in [0.3, 0.4) is 0 Å². The molecule has 2 amide bonds. The Hall–Kier alpha value is -3.01. The van der Waals surface area contributed by atoms with Crippen molar-refractivity contribution >= 4 is 38.9 Å². The number of sulfonamides is 1. The molecule has 0 aliphatic carbocycles. The van der Waals surface area contributed by atoms with Crippen LogP contribution < -0.4 is 14.9 Å². The van der Waals surface area contributed by atoms with Crippen molar-refractivity contribution in [2.45, 2.75) is 6.92 Å². The Bertz CT molecular complexity index is 980. The van der Waals surface area contributed by atoms with Gasteiger partial charge in [-0.2, -0.15) is 0 Å². The molecule has 0 aliphatic heterocycles. The predicted octanol–water partition coefficient (Wildman–Crippen LogP) is 2.33. The summed E-state index contributed by atoms with van der Waals surface area (Å²) >= 11 is 0. The number of hydrogen-bond donors (Lipinski definition) is 2. The number of benzene rings is 2. The Labute approximate surface area is 155 Å². The van der Waals surface area contributed by atoms with Gasteiger partial charge in [-0.3, -0.25) is 13.9 Å². The van der Waals surface area contributed by atoms with E-state index < -0.39 is 34.1 Å². The van der Waals surface area contributed by atoms with Crippen molar-refractivity contribution in [2.24, 2.45) is 0 Å². The minimum Gasteiger partial charge on any atom is -0.326 e. The molecule has 7 nitrogen and oxygen atoms in total. The average molecular weight is 397 g/mol. The average Bonchev–Trinajstić information content (AvgIpc) is 2.54. The van der Waals surface area contributed by atoms with Crippen molar-refractivity contribution in [3.05, 3.63) is 54.1 Å². The van der Waals surface area contributed by atoms with Crippen LogP contribution in [0.5, 0.6) is 0 Å². The molecule has 2 rings (SSSR count). The van der Waals surface area contributed by atoms with E-state index in [2.05, 4.69) is 10.6 Å². The summed E-state index contributed by atoms with van der Waals surface area (Å²) in [6, 6.07) is 8.77. The van der Waals surface area contributed by atoms with E-state index in [9.17, 15) is 26.8 Å². The first-order valence-electron chi connectivity index (χ1n) is 7.66. The van der Waals surface area contributed by atoms with Crippen LogP contribution in [0.15, 0.2) is 42.5 Å². The maximum absolute atomic E-state index is 13.4. The van der Waals surface area contributed by atoms with E-state index in [1.807, 2.05) is 0 Å². The maximum atomic E-state index is 13.4. The number of nitrogens with zero attached hydrogens (tertiary/aromatic N) is 1. The van der Waals surface area contributed by atoms with Gasteiger partial charge < -0.3 is 10.6 Å². The van der Waals surface area contributed by atoms with Crippen LogP contribution in [0, 0.1) is 11.6 Å². The standard InChI is InChI=1S/C17H17F2N3O4S/c1-11(23)20-12-4-3-5-13(8-12)21-17(24)10-22(27(2,25)26)14-6-7-15(18)16(19)9-14/h3-9H,10H2,1-2H3,(H,20,23)(H,21,24). The summed E-state index contributed by atoms with van der Waals surface area (Å²) in [5, 5.41) is 5.04. The summed E-state index contributed by atoms with van der Waals surface area (Å²) < 4.78 is 51.1. The molecular weight excluding hydrogens is 380 g/mol. The van der Waals surface area contributed by atoms with Gasteiger partial charge in [0.1, 0.15) is 6.54 Å². The van der Waals surface area contributed by atoms with Crippen LogP contribution in [0.2, 0.25) is 0 Å². The maximum Gasteiger partial charge on any atom is 0.245 e. The van der Waals surface area contributed by atoms with Crippen molar-refractivity contribution in [1.82, 2.24) is 0 Å². The largest absolute Gasteiger partial charge is 0.326 e. The first kappa shape index (κ1) is 20.3. The molecule has 0 atom stereocenters. The second kappa shape index (κ2) is 8.12. The number of rotatable bonds is 6. The molecule has 27 heavy (non-hydrogen) atoms. The number of nitrogens with one attached hydrogen (secondary N) is 2. The molecule has 0 unspecified atom stereocenters. The topological polar surface area (TPSA) is 95.6 Å². The molecule has 0 saturated heterocycles. The van der Waals surface area contributed by atoms with Crippen molar-refractivity contribution in [1.29, 1.82) is 0 Å². The van der Waals surface area contributed by atoms with E-state index in [0.29, 0.717) is 21.7 Å². The second-order valence-corrected chi connectivity index (χ2v) is 7.59. The van der Waals surface area contributed by atoms with Crippen molar-refractivity contribution in [3.8, 4) is 0 Å². The fraction of sp³-hybridized carbons (Fsp3) is 0.176. The predicted molar refractivity (Wildman–Crippen MR) is 97.9 cm³/mol. The monoisotopic (exact) mass is 397 g/mol. The van der Waals surface area contributed by atoms with Crippen LogP contribution in [-0.2, 0) is 19.6 Å². The van der Waals surface area contributed by atoms with Crippen molar-refractivity contribution in [2.75, 3.05) is 27.7 Å². The summed E-state index contributed by atoms with van der Waals surface area (Å²) in [5.41, 5.74) is 0.587. The Balaban J connectivity index is 2.19. The first-order valence-corrected chi connectivity index (χ1v) is 9.51. The van der Waals surface area contributed by atoms with Crippen LogP contribution >= 0.6 is 0 Å². The zero-order chi connectivity index (χ0) is 20.2. The van der Waals surface area contributed by atoms with E-state index in [-0.39, 0.29) is 11.6 Å². The SMILES string of the molecule is CC(=O)Nc1cccc(NC(=O)CN(c2ccc(F)c(F)c2)S(C)(=O)=O)c1. The van der Waals surface area contributed by atoms with E-state index in [0.717, 1.165) is 18.4 Å². The van der Waals surface area contributed by atoms with Gasteiger partial charge in [0.05, 0.1) is 11.9 Å². The molecule has 0 saturated carbocycles. The molecule has 0 fully saturated rings. The van der Waals surface area contributed by atoms with Crippen molar-refractivity contribution < 1.29 is 26.8 Å². The molecule has 144 valence electrons. The Kier molecular flexibility index (Phi) is 6.11. The lowest BCUT2D eigenvalue weighted by Crippen LogP contribution is -2.37. The number of anilines is 3. The number of amides is 2. The molecule has 0 aromatic heterocycles. The van der Waals surface area contributed by atoms with Crippen LogP contribution in [0.1, 0.15) is 6.92 Å². The molecule has 0 spiro atoms. The number of hydrogen-bond acceptors (Lipinski definition) is 4. The van der Waals surface area contributed by atoms with Crippen LogP contribution in [0.25, 0.3) is 0 Å². The van der Waals surface area contributed by atoms with Crippen molar-refractivity contribution in [3.63, 3.8) is 0 Å². The fourth-order valence-corrected chi connectivity index (χ4v) is 3.10. The van der Waals surface area contributed by atoms with Crippen LogP contribution in [-0.4, -0.2) is 33.0 Å². The lowest BCUT2D eigenvalue weighted by atomic mass is 10.2. The van der Waals surface area contributed by atoms with Gasteiger partial charge in [-0.15, -0.1) is 0 Å². The van der Waals surface area contributed by atoms with E-state index in [1.54, 1.807) is 18.2 Å². The fourth-order valence-electron chi connectivity index (χ4n) is 2.25. The summed E-state index contributed by atoms with van der Waals surface area (Å²) in [6.45, 7) is 0.686. The minimum absolute atomic E-state index is 0.182. The highest BCUT2D eigenvalue weighted by Crippen LogP contribution is 2.21. The summed E-state index contributed by atoms with van der Waals surface area (Å²) in [5.74, 6) is -3.36. The van der Waals surface area contributed by atoms with Gasteiger partial charge in [0.15, 0.2) is 11.6 Å². The molecular formula is C17H17F2N3O4S. The van der Waals surface area contributed by atoms with Gasteiger partial charge in [0.2, 0.25) is 21.8 Å². The van der Waals surface area contributed by atoms with E-state index in [4.69, 9.17) is 0 Å². The van der Waals surface area contributed by atoms with Gasteiger partial charge in [-0.25, -0.2) is 17.2 Å². The number of carbonyl (C=O) groups is 2. The molecule has 0 bridgehead atoms. The van der Waals surface area contributed by atoms with Gasteiger partial charge >= 0.3 is 0 Å². The van der Waals surface area contributed by atoms with E-state index in [1.165, 1.54) is 13.0 Å². The Morgan fingerprint density at radius 2 is 1.63 bits per heavy atom. The van der Waals surface area contributed by atoms with E-state index >= 15 is 0 Å². The van der Waals surface area contributed by atoms with Gasteiger partial charge in [-0.1, -0.05) is 6.07 Å². The van der Waals surface area contributed by atoms with Gasteiger partial charge in [-0.05, 0) is 30.3 Å². The smallest absolute Gasteiger partial charge is 0.245 e. The zero-order valence-electron chi connectivity index (χ0n) is 14.5. The highest BCUT2D eigenvalue weighted by molar-refractivity contribution is 7.92. The minimum atomic E-state index is -3.93. The highest BCUT2D eigenvalue weighted by atomic mass is 32.2. The number of halogens is 2. The number of carbonyl (C=O) groups excluding carboxylic acids is 2. The molecule has 0 radical (unpaired) electrons. The van der Waals surface area contributed by atoms with Gasteiger partial charge in [0.25, 0.3) is 0 Å². The molecule has 2 aromatic rings. The Morgan fingerprint density at radius 1 is 1.00 bits per heavy atom. The first-order chi connectivity index (χ1) is 12.6. The molecule has 2 aromatic carbocycles. The second-order valence-electron chi connectivity index (χ2n) is 5.68. The molecule has 10 heteroatoms. The summed E-state index contributed by atoms with van der Waals surface area (Å²) in [7, 11) is -3.93. The van der Waals surface area contributed by atoms with Gasteiger partial charge in [0, 0.05) is 24.4 Å². The third kappa shape index (κ3) is 5.74. The lowest BCUT2D eigenvalue weighted by Gasteiger charge is -2.22. The molecule has 2 N–H and O–H groups in total. The third-order valence-electron chi connectivity index (χ3n) is 3.35. The highest BCUT2D eigenvalue weighted by Gasteiger charge is 2.22. The quantitative estimate of drug-likeness (QED) is 0.782. The van der Waals surface area contributed by atoms with Crippen LogP contribution in [0.4, 0.5) is 25.8 Å². The zero-order valence-corrected chi connectivity index (χ0v) is 15.3. The summed E-state index contributed by atoms with van der Waals surface area (Å²) in [4.78, 5) is 23.3. The molecule has 0 aliphatic rings. The Morgan fingerprint density at radius 3 is 2.19 bits per heavy atom. The summed E-state index contributed by atoms with van der Waals surface area (Å²) in [6.07, 6.45) is 0.846.